The number of thiophene rings is 1. The normalized spacial score (nSPS) is 10.7. The van der Waals surface area contributed by atoms with E-state index in [1.807, 2.05) is 6.92 Å². The van der Waals surface area contributed by atoms with Crippen molar-refractivity contribution in [2.45, 2.75) is 24.1 Å². The van der Waals surface area contributed by atoms with Crippen molar-refractivity contribution in [2.24, 2.45) is 0 Å². The molecular formula is C12H13NO2S3. The molecule has 18 heavy (non-hydrogen) atoms. The van der Waals surface area contributed by atoms with Gasteiger partial charge in [-0.2, -0.15) is 0 Å². The Morgan fingerprint density at radius 3 is 3.06 bits per heavy atom. The Kier molecular flexibility index (Phi) is 4.79. The number of carboxylic acid groups (broad SMARTS) is 1. The third-order valence-corrected chi connectivity index (χ3v) is 5.58. The van der Waals surface area contributed by atoms with Gasteiger partial charge < -0.3 is 5.11 Å². The average molecular weight is 299 g/mol. The highest BCUT2D eigenvalue weighted by Crippen LogP contribution is 2.28. The number of rotatable bonds is 6. The van der Waals surface area contributed by atoms with Gasteiger partial charge >= 0.3 is 5.97 Å². The summed E-state index contributed by atoms with van der Waals surface area (Å²) < 4.78 is 0.973. The monoisotopic (exact) mass is 299 g/mol. The first kappa shape index (κ1) is 13.6. The van der Waals surface area contributed by atoms with Gasteiger partial charge in [0.05, 0.1) is 12.1 Å². The summed E-state index contributed by atoms with van der Waals surface area (Å²) in [5.74, 6) is 0.192. The number of hydrogen-bond acceptors (Lipinski definition) is 5. The first-order valence-corrected chi connectivity index (χ1v) is 8.16. The lowest BCUT2D eigenvalue weighted by atomic mass is 10.3. The van der Waals surface area contributed by atoms with E-state index in [0.717, 1.165) is 27.1 Å². The lowest BCUT2D eigenvalue weighted by molar-refractivity contribution is -0.136. The SMILES string of the molecule is Cc1nc(SCCc2cccs2)sc1CC(=O)O. The van der Waals surface area contributed by atoms with E-state index in [1.165, 1.54) is 16.2 Å². The third kappa shape index (κ3) is 3.83. The highest BCUT2D eigenvalue weighted by atomic mass is 32.2. The largest absolute Gasteiger partial charge is 0.481 e. The van der Waals surface area contributed by atoms with E-state index in [0.29, 0.717) is 0 Å². The van der Waals surface area contributed by atoms with Crippen LogP contribution in [0, 0.1) is 6.92 Å². The van der Waals surface area contributed by atoms with Crippen LogP contribution in [0.2, 0.25) is 0 Å². The molecule has 0 bridgehead atoms. The fourth-order valence-electron chi connectivity index (χ4n) is 1.46. The van der Waals surface area contributed by atoms with Gasteiger partial charge in [-0.1, -0.05) is 17.8 Å². The van der Waals surface area contributed by atoms with E-state index < -0.39 is 5.97 Å². The lowest BCUT2D eigenvalue weighted by Crippen LogP contribution is -1.99. The second-order valence-electron chi connectivity index (χ2n) is 3.74. The molecule has 0 aliphatic rings. The molecule has 2 aromatic rings. The molecule has 0 atom stereocenters. The molecule has 3 nitrogen and oxygen atoms in total. The first-order chi connectivity index (χ1) is 8.65. The Balaban J connectivity index is 1.88. The van der Waals surface area contributed by atoms with Crippen molar-refractivity contribution >= 4 is 40.4 Å². The molecule has 6 heteroatoms. The number of thiazole rings is 1. The molecule has 2 rings (SSSR count). The van der Waals surface area contributed by atoms with Crippen LogP contribution in [-0.4, -0.2) is 21.8 Å². The van der Waals surface area contributed by atoms with Crippen LogP contribution >= 0.6 is 34.4 Å². The van der Waals surface area contributed by atoms with E-state index >= 15 is 0 Å². The number of thioether (sulfide) groups is 1. The zero-order valence-corrected chi connectivity index (χ0v) is 12.3. The van der Waals surface area contributed by atoms with Gasteiger partial charge in [-0.3, -0.25) is 4.79 Å². The standard InChI is InChI=1S/C12H13NO2S3/c1-8-10(7-11(14)15)18-12(13-8)17-6-4-9-3-2-5-16-9/h2-3,5H,4,6-7H2,1H3,(H,14,15). The summed E-state index contributed by atoms with van der Waals surface area (Å²) >= 11 is 4.97. The highest BCUT2D eigenvalue weighted by molar-refractivity contribution is 8.01. The number of aliphatic carboxylic acids is 1. The number of aromatic nitrogens is 1. The van der Waals surface area contributed by atoms with Crippen LogP contribution in [-0.2, 0) is 17.6 Å². The van der Waals surface area contributed by atoms with Crippen LogP contribution in [0.1, 0.15) is 15.4 Å². The van der Waals surface area contributed by atoms with Crippen LogP contribution in [0.3, 0.4) is 0 Å². The van der Waals surface area contributed by atoms with Crippen LogP contribution in [0.15, 0.2) is 21.9 Å². The molecule has 0 amide bonds. The molecule has 2 aromatic heterocycles. The molecule has 0 fully saturated rings. The molecular weight excluding hydrogens is 286 g/mol. The van der Waals surface area contributed by atoms with E-state index in [2.05, 4.69) is 22.5 Å². The fourth-order valence-corrected chi connectivity index (χ4v) is 4.56. The molecule has 0 aliphatic carbocycles. The van der Waals surface area contributed by atoms with Crippen molar-refractivity contribution in [1.82, 2.24) is 4.98 Å². The van der Waals surface area contributed by atoms with Crippen molar-refractivity contribution in [1.29, 1.82) is 0 Å². The number of nitrogens with zero attached hydrogens (tertiary/aromatic N) is 1. The summed E-state index contributed by atoms with van der Waals surface area (Å²) in [4.78, 5) is 17.3. The summed E-state index contributed by atoms with van der Waals surface area (Å²) in [6.45, 7) is 1.87. The number of aryl methyl sites for hydroxylation is 2. The van der Waals surface area contributed by atoms with Gasteiger partial charge in [-0.15, -0.1) is 22.7 Å². The molecule has 1 N–H and O–H groups in total. The second kappa shape index (κ2) is 6.36. The van der Waals surface area contributed by atoms with Crippen molar-refractivity contribution in [3.8, 4) is 0 Å². The summed E-state index contributed by atoms with van der Waals surface area (Å²) in [6, 6.07) is 4.19. The van der Waals surface area contributed by atoms with Gasteiger partial charge in [0.2, 0.25) is 0 Å². The minimum atomic E-state index is -0.795. The molecule has 0 unspecified atom stereocenters. The Labute approximate surface area is 118 Å². The van der Waals surface area contributed by atoms with Crippen LogP contribution in [0.4, 0.5) is 0 Å². The maximum absolute atomic E-state index is 10.7. The zero-order chi connectivity index (χ0) is 13.0. The summed E-state index contributed by atoms with van der Waals surface area (Å²) in [5, 5.41) is 10.9. The first-order valence-electron chi connectivity index (χ1n) is 5.48. The molecule has 0 aromatic carbocycles. The molecule has 0 aliphatic heterocycles. The highest BCUT2D eigenvalue weighted by Gasteiger charge is 2.11. The molecule has 0 radical (unpaired) electrons. The van der Waals surface area contributed by atoms with Crippen LogP contribution < -0.4 is 0 Å². The predicted molar refractivity (Wildman–Crippen MR) is 76.9 cm³/mol. The van der Waals surface area contributed by atoms with Gasteiger partial charge in [0.1, 0.15) is 4.34 Å². The van der Waals surface area contributed by atoms with Gasteiger partial charge in [-0.05, 0) is 24.8 Å². The van der Waals surface area contributed by atoms with Gasteiger partial charge in [0.25, 0.3) is 0 Å². The Hall–Kier alpha value is -0.850. The number of carboxylic acids is 1. The minimum Gasteiger partial charge on any atom is -0.481 e. The summed E-state index contributed by atoms with van der Waals surface area (Å²) in [6.07, 6.45) is 1.12. The smallest absolute Gasteiger partial charge is 0.308 e. The molecule has 0 saturated heterocycles. The predicted octanol–water partition coefficient (Wildman–Crippen LogP) is 3.47. The number of carbonyl (C=O) groups is 1. The molecule has 2 heterocycles. The number of hydrogen-bond donors (Lipinski definition) is 1. The molecule has 0 saturated carbocycles. The Bertz CT molecular complexity index is 519. The van der Waals surface area contributed by atoms with Crippen molar-refractivity contribution < 1.29 is 9.90 Å². The quantitative estimate of drug-likeness (QED) is 0.830. The van der Waals surface area contributed by atoms with E-state index in [9.17, 15) is 4.79 Å². The van der Waals surface area contributed by atoms with Crippen molar-refractivity contribution in [2.75, 3.05) is 5.75 Å². The van der Waals surface area contributed by atoms with Gasteiger partial charge in [0, 0.05) is 15.5 Å². The minimum absolute atomic E-state index is 0.0784. The third-order valence-electron chi connectivity index (χ3n) is 2.34. The lowest BCUT2D eigenvalue weighted by Gasteiger charge is -1.95. The zero-order valence-electron chi connectivity index (χ0n) is 9.88. The van der Waals surface area contributed by atoms with E-state index in [-0.39, 0.29) is 6.42 Å². The van der Waals surface area contributed by atoms with Gasteiger partial charge in [0.15, 0.2) is 0 Å². The molecule has 0 spiro atoms. The van der Waals surface area contributed by atoms with E-state index in [4.69, 9.17) is 5.11 Å². The van der Waals surface area contributed by atoms with Crippen LogP contribution in [0.25, 0.3) is 0 Å². The maximum atomic E-state index is 10.7. The fraction of sp³-hybridized carbons (Fsp3) is 0.333. The maximum Gasteiger partial charge on any atom is 0.308 e. The van der Waals surface area contributed by atoms with Crippen molar-refractivity contribution in [3.63, 3.8) is 0 Å². The van der Waals surface area contributed by atoms with Gasteiger partial charge in [-0.25, -0.2) is 4.98 Å². The molecule has 96 valence electrons. The van der Waals surface area contributed by atoms with Crippen molar-refractivity contribution in [3.05, 3.63) is 33.0 Å². The van der Waals surface area contributed by atoms with Crippen LogP contribution in [0.5, 0.6) is 0 Å². The topological polar surface area (TPSA) is 50.2 Å². The Morgan fingerprint density at radius 2 is 2.39 bits per heavy atom. The van der Waals surface area contributed by atoms with E-state index in [1.54, 1.807) is 23.1 Å². The Morgan fingerprint density at radius 1 is 1.56 bits per heavy atom. The summed E-state index contributed by atoms with van der Waals surface area (Å²) in [5.41, 5.74) is 0.848. The summed E-state index contributed by atoms with van der Waals surface area (Å²) in [7, 11) is 0. The second-order valence-corrected chi connectivity index (χ2v) is 7.19. The average Bonchev–Trinajstić information content (AvgIpc) is 2.90.